The van der Waals surface area contributed by atoms with E-state index in [4.69, 9.17) is 0 Å². The minimum Gasteiger partial charge on any atom is -0.355 e. The zero-order valence-corrected chi connectivity index (χ0v) is 11.7. The van der Waals surface area contributed by atoms with E-state index >= 15 is 0 Å². The third-order valence-electron chi connectivity index (χ3n) is 3.30. The SMILES string of the molecule is O=Cc1ccc(-c2cnccc2Nc2ccc(F)cc2)cc1. The molecule has 0 unspecified atom stereocenters. The molecule has 1 N–H and O–H groups in total. The number of carbonyl (C=O) groups is 1. The molecule has 4 heteroatoms. The molecule has 2 aromatic carbocycles. The van der Waals surface area contributed by atoms with Gasteiger partial charge in [0.15, 0.2) is 0 Å². The van der Waals surface area contributed by atoms with Crippen LogP contribution >= 0.6 is 0 Å². The van der Waals surface area contributed by atoms with Crippen LogP contribution in [0.25, 0.3) is 11.1 Å². The van der Waals surface area contributed by atoms with E-state index in [2.05, 4.69) is 10.3 Å². The van der Waals surface area contributed by atoms with Crippen molar-refractivity contribution in [2.45, 2.75) is 0 Å². The molecule has 3 aromatic rings. The van der Waals surface area contributed by atoms with Gasteiger partial charge in [0.2, 0.25) is 0 Å². The Balaban J connectivity index is 1.95. The first kappa shape index (κ1) is 13.9. The van der Waals surface area contributed by atoms with E-state index in [-0.39, 0.29) is 5.82 Å². The normalized spacial score (nSPS) is 10.2. The van der Waals surface area contributed by atoms with Crippen molar-refractivity contribution in [3.63, 3.8) is 0 Å². The molecule has 0 aliphatic rings. The van der Waals surface area contributed by atoms with Gasteiger partial charge in [-0.3, -0.25) is 9.78 Å². The predicted molar refractivity (Wildman–Crippen MR) is 84.7 cm³/mol. The van der Waals surface area contributed by atoms with Crippen LogP contribution in [0.1, 0.15) is 10.4 Å². The number of hydrogen-bond acceptors (Lipinski definition) is 3. The molecule has 0 saturated carbocycles. The zero-order chi connectivity index (χ0) is 15.4. The molecule has 0 saturated heterocycles. The summed E-state index contributed by atoms with van der Waals surface area (Å²) in [5.74, 6) is -0.273. The minimum atomic E-state index is -0.273. The number of benzene rings is 2. The van der Waals surface area contributed by atoms with Crippen molar-refractivity contribution in [1.29, 1.82) is 0 Å². The largest absolute Gasteiger partial charge is 0.355 e. The molecule has 0 radical (unpaired) electrons. The van der Waals surface area contributed by atoms with Gasteiger partial charge in [-0.05, 0) is 35.9 Å². The van der Waals surface area contributed by atoms with E-state index in [1.54, 1.807) is 36.7 Å². The minimum absolute atomic E-state index is 0.273. The van der Waals surface area contributed by atoms with Crippen LogP contribution in [-0.4, -0.2) is 11.3 Å². The highest BCUT2D eigenvalue weighted by Crippen LogP contribution is 2.29. The molecule has 0 bridgehead atoms. The number of pyridine rings is 1. The van der Waals surface area contributed by atoms with Crippen molar-refractivity contribution in [2.75, 3.05) is 5.32 Å². The maximum absolute atomic E-state index is 13.0. The Labute approximate surface area is 127 Å². The molecular weight excluding hydrogens is 279 g/mol. The summed E-state index contributed by atoms with van der Waals surface area (Å²) in [6.45, 7) is 0. The molecule has 3 rings (SSSR count). The van der Waals surface area contributed by atoms with Crippen LogP contribution in [0, 0.1) is 5.82 Å². The Hall–Kier alpha value is -3.01. The summed E-state index contributed by atoms with van der Waals surface area (Å²) in [6, 6.07) is 15.3. The fourth-order valence-electron chi connectivity index (χ4n) is 2.16. The van der Waals surface area contributed by atoms with Crippen LogP contribution in [0.15, 0.2) is 67.0 Å². The standard InChI is InChI=1S/C18H13FN2O/c19-15-5-7-16(8-6-15)21-18-9-10-20-11-17(18)14-3-1-13(12-22)2-4-14/h1-12H,(H,20,21). The van der Waals surface area contributed by atoms with Crippen molar-refractivity contribution >= 4 is 17.7 Å². The Morgan fingerprint density at radius 1 is 0.955 bits per heavy atom. The van der Waals surface area contributed by atoms with Crippen LogP contribution in [-0.2, 0) is 0 Å². The highest BCUT2D eigenvalue weighted by atomic mass is 19.1. The summed E-state index contributed by atoms with van der Waals surface area (Å²) >= 11 is 0. The van der Waals surface area contributed by atoms with E-state index in [0.29, 0.717) is 5.56 Å². The molecular formula is C18H13FN2O. The molecule has 108 valence electrons. The van der Waals surface area contributed by atoms with Crippen LogP contribution in [0.5, 0.6) is 0 Å². The number of nitrogens with one attached hydrogen (secondary N) is 1. The Morgan fingerprint density at radius 2 is 1.68 bits per heavy atom. The molecule has 22 heavy (non-hydrogen) atoms. The number of aromatic nitrogens is 1. The van der Waals surface area contributed by atoms with Gasteiger partial charge in [-0.25, -0.2) is 4.39 Å². The van der Waals surface area contributed by atoms with Gasteiger partial charge in [0.05, 0.1) is 0 Å². The topological polar surface area (TPSA) is 42.0 Å². The Kier molecular flexibility index (Phi) is 3.92. The molecule has 0 fully saturated rings. The van der Waals surface area contributed by atoms with E-state index in [1.807, 2.05) is 18.2 Å². The van der Waals surface area contributed by atoms with Gasteiger partial charge in [0, 0.05) is 34.9 Å². The third kappa shape index (κ3) is 3.01. The number of hydrogen-bond donors (Lipinski definition) is 1. The van der Waals surface area contributed by atoms with Crippen molar-refractivity contribution in [2.24, 2.45) is 0 Å². The fraction of sp³-hybridized carbons (Fsp3) is 0. The zero-order valence-electron chi connectivity index (χ0n) is 11.7. The van der Waals surface area contributed by atoms with Gasteiger partial charge in [0.25, 0.3) is 0 Å². The van der Waals surface area contributed by atoms with E-state index in [0.717, 1.165) is 28.8 Å². The molecule has 0 spiro atoms. The highest BCUT2D eigenvalue weighted by Gasteiger charge is 2.06. The first-order valence-corrected chi connectivity index (χ1v) is 6.78. The summed E-state index contributed by atoms with van der Waals surface area (Å²) < 4.78 is 13.0. The Bertz CT molecular complexity index is 783. The summed E-state index contributed by atoms with van der Waals surface area (Å²) in [5, 5.41) is 3.25. The van der Waals surface area contributed by atoms with E-state index in [1.165, 1.54) is 12.1 Å². The summed E-state index contributed by atoms with van der Waals surface area (Å²) in [4.78, 5) is 14.9. The molecule has 0 atom stereocenters. The fourth-order valence-corrected chi connectivity index (χ4v) is 2.16. The van der Waals surface area contributed by atoms with Gasteiger partial charge < -0.3 is 5.32 Å². The second-order valence-corrected chi connectivity index (χ2v) is 4.79. The first-order chi connectivity index (χ1) is 10.8. The number of carbonyl (C=O) groups excluding carboxylic acids is 1. The van der Waals surface area contributed by atoms with Crippen molar-refractivity contribution in [3.05, 3.63) is 78.4 Å². The van der Waals surface area contributed by atoms with Gasteiger partial charge >= 0.3 is 0 Å². The van der Waals surface area contributed by atoms with Gasteiger partial charge in [0.1, 0.15) is 12.1 Å². The van der Waals surface area contributed by atoms with Gasteiger partial charge in [-0.15, -0.1) is 0 Å². The smallest absolute Gasteiger partial charge is 0.150 e. The lowest BCUT2D eigenvalue weighted by molar-refractivity contribution is 0.112. The van der Waals surface area contributed by atoms with Crippen LogP contribution < -0.4 is 5.32 Å². The molecule has 1 heterocycles. The number of nitrogens with zero attached hydrogens (tertiary/aromatic N) is 1. The molecule has 0 aliphatic heterocycles. The first-order valence-electron chi connectivity index (χ1n) is 6.78. The molecule has 3 nitrogen and oxygen atoms in total. The highest BCUT2D eigenvalue weighted by molar-refractivity contribution is 5.82. The average Bonchev–Trinajstić information content (AvgIpc) is 2.58. The summed E-state index contributed by atoms with van der Waals surface area (Å²) in [5.41, 5.74) is 4.13. The second-order valence-electron chi connectivity index (χ2n) is 4.79. The maximum atomic E-state index is 13.0. The van der Waals surface area contributed by atoms with Crippen LogP contribution in [0.2, 0.25) is 0 Å². The quantitative estimate of drug-likeness (QED) is 0.723. The summed E-state index contributed by atoms with van der Waals surface area (Å²) in [7, 11) is 0. The number of rotatable bonds is 4. The molecule has 0 aliphatic carbocycles. The van der Waals surface area contributed by atoms with Crippen molar-refractivity contribution < 1.29 is 9.18 Å². The maximum Gasteiger partial charge on any atom is 0.150 e. The van der Waals surface area contributed by atoms with Gasteiger partial charge in [-0.2, -0.15) is 0 Å². The second kappa shape index (κ2) is 6.18. The molecule has 1 aromatic heterocycles. The predicted octanol–water partition coefficient (Wildman–Crippen LogP) is 4.44. The monoisotopic (exact) mass is 292 g/mol. The van der Waals surface area contributed by atoms with Crippen molar-refractivity contribution in [3.8, 4) is 11.1 Å². The lowest BCUT2D eigenvalue weighted by Crippen LogP contribution is -1.94. The number of anilines is 2. The van der Waals surface area contributed by atoms with Crippen LogP contribution in [0.4, 0.5) is 15.8 Å². The molecule has 0 amide bonds. The van der Waals surface area contributed by atoms with E-state index in [9.17, 15) is 9.18 Å². The number of halogens is 1. The summed E-state index contributed by atoms with van der Waals surface area (Å²) in [6.07, 6.45) is 4.25. The average molecular weight is 292 g/mol. The van der Waals surface area contributed by atoms with Crippen LogP contribution in [0.3, 0.4) is 0 Å². The Morgan fingerprint density at radius 3 is 2.36 bits per heavy atom. The van der Waals surface area contributed by atoms with E-state index < -0.39 is 0 Å². The lowest BCUT2D eigenvalue weighted by Gasteiger charge is -2.12. The number of aldehydes is 1. The third-order valence-corrected chi connectivity index (χ3v) is 3.30. The lowest BCUT2D eigenvalue weighted by atomic mass is 10.0. The van der Waals surface area contributed by atoms with Gasteiger partial charge in [-0.1, -0.05) is 24.3 Å². The van der Waals surface area contributed by atoms with Crippen molar-refractivity contribution in [1.82, 2.24) is 4.98 Å².